The Balaban J connectivity index is 1.98. The van der Waals surface area contributed by atoms with E-state index in [4.69, 9.17) is 0 Å². The minimum Gasteiger partial charge on any atom is -0.453 e. The minimum atomic E-state index is -1.13. The van der Waals surface area contributed by atoms with Gasteiger partial charge in [0.25, 0.3) is 5.91 Å². The largest absolute Gasteiger partial charge is 0.453 e. The molecule has 0 saturated heterocycles. The summed E-state index contributed by atoms with van der Waals surface area (Å²) in [5.41, 5.74) is -0.00699. The van der Waals surface area contributed by atoms with Crippen molar-refractivity contribution >= 4 is 28.5 Å². The molecule has 0 aliphatic carbocycles. The molecule has 0 aliphatic rings. The molecule has 1 aromatic carbocycles. The predicted octanol–water partition coefficient (Wildman–Crippen LogP) is 2.20. The van der Waals surface area contributed by atoms with E-state index in [0.29, 0.717) is 11.6 Å². The van der Waals surface area contributed by atoms with Gasteiger partial charge in [-0.05, 0) is 19.4 Å². The molecule has 0 atom stereocenters. The first kappa shape index (κ1) is 16.9. The summed E-state index contributed by atoms with van der Waals surface area (Å²) in [7, 11) is 1.24. The summed E-state index contributed by atoms with van der Waals surface area (Å²) in [5, 5.41) is 14.3. The van der Waals surface area contributed by atoms with Gasteiger partial charge in [0.15, 0.2) is 0 Å². The van der Waals surface area contributed by atoms with Gasteiger partial charge >= 0.3 is 6.09 Å². The highest BCUT2D eigenvalue weighted by Gasteiger charge is 2.30. The van der Waals surface area contributed by atoms with Crippen LogP contribution in [0.25, 0.3) is 0 Å². The van der Waals surface area contributed by atoms with Gasteiger partial charge in [0.1, 0.15) is 10.5 Å². The van der Waals surface area contributed by atoms with Gasteiger partial charge in [-0.25, -0.2) is 4.79 Å². The Kier molecular flexibility index (Phi) is 5.28. The number of nitrogens with zero attached hydrogens (tertiary/aromatic N) is 2. The fourth-order valence-electron chi connectivity index (χ4n) is 1.76. The maximum Gasteiger partial charge on any atom is 0.407 e. The molecule has 1 heterocycles. The Labute approximate surface area is 138 Å². The van der Waals surface area contributed by atoms with Gasteiger partial charge in [0.05, 0.1) is 7.11 Å². The molecule has 2 amide bonds. The molecule has 122 valence electrons. The van der Waals surface area contributed by atoms with Gasteiger partial charge in [-0.2, -0.15) is 0 Å². The number of aromatic nitrogens is 2. The molecule has 0 fully saturated rings. The number of rotatable bonds is 5. The number of benzene rings is 1. The fourth-order valence-corrected chi connectivity index (χ4v) is 2.53. The highest BCUT2D eigenvalue weighted by atomic mass is 32.1. The molecule has 2 aromatic rings. The van der Waals surface area contributed by atoms with Crippen molar-refractivity contribution in [2.24, 2.45) is 0 Å². The Morgan fingerprint density at radius 1 is 1.22 bits per heavy atom. The Morgan fingerprint density at radius 3 is 2.57 bits per heavy atom. The van der Waals surface area contributed by atoms with E-state index in [1.54, 1.807) is 13.8 Å². The van der Waals surface area contributed by atoms with Crippen LogP contribution in [0.4, 0.5) is 9.93 Å². The van der Waals surface area contributed by atoms with Gasteiger partial charge in [-0.3, -0.25) is 10.1 Å². The average molecular weight is 334 g/mol. The molecular weight excluding hydrogens is 316 g/mol. The topological polar surface area (TPSA) is 93.2 Å². The lowest BCUT2D eigenvalue weighted by Gasteiger charge is -2.23. The van der Waals surface area contributed by atoms with Crippen LogP contribution < -0.4 is 10.6 Å². The molecule has 2 rings (SSSR count). The lowest BCUT2D eigenvalue weighted by molar-refractivity contribution is -0.121. The Morgan fingerprint density at radius 2 is 1.91 bits per heavy atom. The molecule has 0 unspecified atom stereocenters. The molecule has 0 saturated carbocycles. The summed E-state index contributed by atoms with van der Waals surface area (Å²) >= 11 is 1.30. The number of ether oxygens (including phenoxy) is 1. The second-order valence-corrected chi connectivity index (χ2v) is 6.42. The monoisotopic (exact) mass is 334 g/mol. The van der Waals surface area contributed by atoms with E-state index in [1.807, 2.05) is 30.3 Å². The number of hydrogen-bond donors (Lipinski definition) is 2. The zero-order chi connectivity index (χ0) is 16.9. The number of nitrogens with one attached hydrogen (secondary N) is 2. The molecule has 7 nitrogen and oxygen atoms in total. The van der Waals surface area contributed by atoms with E-state index in [0.717, 1.165) is 10.6 Å². The van der Waals surface area contributed by atoms with Gasteiger partial charge in [-0.1, -0.05) is 41.7 Å². The lowest BCUT2D eigenvalue weighted by atomic mass is 10.1. The number of hydrogen-bond acceptors (Lipinski definition) is 6. The third kappa shape index (κ3) is 4.75. The normalized spacial score (nSPS) is 10.9. The van der Waals surface area contributed by atoms with Crippen molar-refractivity contribution in [2.45, 2.75) is 25.8 Å². The van der Waals surface area contributed by atoms with Crippen LogP contribution in [0.3, 0.4) is 0 Å². The third-order valence-electron chi connectivity index (χ3n) is 3.05. The molecular formula is C15H18N4O3S. The maximum atomic E-state index is 12.2. The van der Waals surface area contributed by atoms with Crippen molar-refractivity contribution in [3.05, 3.63) is 40.9 Å². The van der Waals surface area contributed by atoms with E-state index in [-0.39, 0.29) is 0 Å². The van der Waals surface area contributed by atoms with Crippen molar-refractivity contribution in [1.82, 2.24) is 15.5 Å². The summed E-state index contributed by atoms with van der Waals surface area (Å²) in [6.07, 6.45) is -0.0229. The number of carbonyl (C=O) groups is 2. The summed E-state index contributed by atoms with van der Waals surface area (Å²) < 4.78 is 4.50. The summed E-state index contributed by atoms with van der Waals surface area (Å²) in [5.74, 6) is -0.398. The fraction of sp³-hybridized carbons (Fsp3) is 0.333. The van der Waals surface area contributed by atoms with Crippen LogP contribution in [0.1, 0.15) is 24.4 Å². The predicted molar refractivity (Wildman–Crippen MR) is 87.4 cm³/mol. The van der Waals surface area contributed by atoms with Crippen LogP contribution in [0, 0.1) is 0 Å². The molecule has 0 bridgehead atoms. The molecule has 0 radical (unpaired) electrons. The van der Waals surface area contributed by atoms with Gasteiger partial charge in [0, 0.05) is 6.42 Å². The molecule has 0 aliphatic heterocycles. The first-order chi connectivity index (χ1) is 10.9. The third-order valence-corrected chi connectivity index (χ3v) is 3.89. The summed E-state index contributed by atoms with van der Waals surface area (Å²) in [6.45, 7) is 3.15. The highest BCUT2D eigenvalue weighted by molar-refractivity contribution is 7.15. The van der Waals surface area contributed by atoms with Gasteiger partial charge in [-0.15, -0.1) is 10.2 Å². The number of carbonyl (C=O) groups excluding carboxylic acids is 2. The standard InChI is InChI=1S/C15H18N4O3S/c1-15(2,17-14(21)22-3)12(20)16-13-19-18-11(23-13)9-10-7-5-4-6-8-10/h4-8H,9H2,1-3H3,(H,17,21)(H,16,19,20). The quantitative estimate of drug-likeness (QED) is 0.874. The van der Waals surface area contributed by atoms with Crippen LogP contribution in [-0.2, 0) is 16.0 Å². The van der Waals surface area contributed by atoms with Gasteiger partial charge < -0.3 is 10.1 Å². The van der Waals surface area contributed by atoms with Crippen molar-refractivity contribution in [1.29, 1.82) is 0 Å². The van der Waals surface area contributed by atoms with E-state index in [2.05, 4.69) is 25.6 Å². The van der Waals surface area contributed by atoms with E-state index in [9.17, 15) is 9.59 Å². The lowest BCUT2D eigenvalue weighted by Crippen LogP contribution is -2.52. The van der Waals surface area contributed by atoms with Crippen molar-refractivity contribution in [3.8, 4) is 0 Å². The smallest absolute Gasteiger partial charge is 0.407 e. The zero-order valence-corrected chi connectivity index (χ0v) is 13.9. The average Bonchev–Trinajstić information content (AvgIpc) is 2.94. The zero-order valence-electron chi connectivity index (χ0n) is 13.1. The van der Waals surface area contributed by atoms with Crippen molar-refractivity contribution in [2.75, 3.05) is 12.4 Å². The van der Waals surface area contributed by atoms with Crippen LogP contribution in [0.2, 0.25) is 0 Å². The molecule has 8 heteroatoms. The van der Waals surface area contributed by atoms with Crippen LogP contribution in [0.15, 0.2) is 30.3 Å². The summed E-state index contributed by atoms with van der Waals surface area (Å²) in [6, 6.07) is 9.87. The second-order valence-electron chi connectivity index (χ2n) is 5.36. The van der Waals surface area contributed by atoms with E-state index in [1.165, 1.54) is 18.4 Å². The molecule has 1 aromatic heterocycles. The minimum absolute atomic E-state index is 0.390. The number of alkyl carbamates (subject to hydrolysis) is 1. The highest BCUT2D eigenvalue weighted by Crippen LogP contribution is 2.19. The molecule has 0 spiro atoms. The van der Waals surface area contributed by atoms with Crippen molar-refractivity contribution in [3.63, 3.8) is 0 Å². The SMILES string of the molecule is COC(=O)NC(C)(C)C(=O)Nc1nnc(Cc2ccccc2)s1. The van der Waals surface area contributed by atoms with Crippen LogP contribution >= 0.6 is 11.3 Å². The number of methoxy groups -OCH3 is 1. The Bertz CT molecular complexity index is 685. The van der Waals surface area contributed by atoms with Crippen LogP contribution in [-0.4, -0.2) is 34.8 Å². The molecule has 23 heavy (non-hydrogen) atoms. The first-order valence-corrected chi connectivity index (χ1v) is 7.76. The number of anilines is 1. The Hall–Kier alpha value is -2.48. The molecule has 2 N–H and O–H groups in total. The summed E-state index contributed by atoms with van der Waals surface area (Å²) in [4.78, 5) is 23.5. The second kappa shape index (κ2) is 7.19. The van der Waals surface area contributed by atoms with E-state index < -0.39 is 17.5 Å². The van der Waals surface area contributed by atoms with Crippen molar-refractivity contribution < 1.29 is 14.3 Å². The van der Waals surface area contributed by atoms with E-state index >= 15 is 0 Å². The van der Waals surface area contributed by atoms with Crippen LogP contribution in [0.5, 0.6) is 0 Å². The number of amides is 2. The van der Waals surface area contributed by atoms with Gasteiger partial charge in [0.2, 0.25) is 5.13 Å². The first-order valence-electron chi connectivity index (χ1n) is 6.94. The maximum absolute atomic E-state index is 12.2.